The van der Waals surface area contributed by atoms with Gasteiger partial charge < -0.3 is 10.2 Å². The lowest BCUT2D eigenvalue weighted by Gasteiger charge is -2.33. The maximum atomic E-state index is 4.62. The molecule has 4 nitrogen and oxygen atoms in total. The second-order valence-corrected chi connectivity index (χ2v) is 7.11. The number of nitrogens with one attached hydrogen (secondary N) is 1. The fourth-order valence-corrected chi connectivity index (χ4v) is 4.05. The number of hydrogen-bond donors (Lipinski definition) is 1. The Labute approximate surface area is 130 Å². The van der Waals surface area contributed by atoms with Gasteiger partial charge in [-0.2, -0.15) is 0 Å². The molecule has 5 heteroatoms. The number of rotatable bonds is 4. The molecule has 0 spiro atoms. The molecule has 0 atom stereocenters. The first-order valence-corrected chi connectivity index (χ1v) is 8.71. The van der Waals surface area contributed by atoms with Gasteiger partial charge in [-0.15, -0.1) is 11.3 Å². The van der Waals surface area contributed by atoms with Crippen LogP contribution in [0.15, 0.2) is 11.7 Å². The monoisotopic (exact) mass is 304 g/mol. The quantitative estimate of drug-likeness (QED) is 0.941. The van der Waals surface area contributed by atoms with Crippen LogP contribution in [0.25, 0.3) is 10.2 Å². The van der Waals surface area contributed by atoms with Gasteiger partial charge in [0.15, 0.2) is 0 Å². The maximum absolute atomic E-state index is 4.62. The van der Waals surface area contributed by atoms with E-state index in [0.717, 1.165) is 36.9 Å². The molecule has 21 heavy (non-hydrogen) atoms. The van der Waals surface area contributed by atoms with Crippen LogP contribution in [0.1, 0.15) is 32.3 Å². The molecule has 0 aromatic carbocycles. The van der Waals surface area contributed by atoms with Crippen LogP contribution >= 0.6 is 11.3 Å². The van der Waals surface area contributed by atoms with E-state index < -0.39 is 0 Å². The van der Waals surface area contributed by atoms with Crippen molar-refractivity contribution in [3.05, 3.63) is 17.3 Å². The maximum Gasteiger partial charge on any atom is 0.150 e. The summed E-state index contributed by atoms with van der Waals surface area (Å²) in [5.41, 5.74) is 2.37. The highest BCUT2D eigenvalue weighted by molar-refractivity contribution is 7.18. The Morgan fingerprint density at radius 3 is 2.81 bits per heavy atom. The van der Waals surface area contributed by atoms with E-state index in [9.17, 15) is 0 Å². The summed E-state index contributed by atoms with van der Waals surface area (Å²) in [6.45, 7) is 10.0. The van der Waals surface area contributed by atoms with Crippen molar-refractivity contribution in [3.63, 3.8) is 0 Å². The summed E-state index contributed by atoms with van der Waals surface area (Å²) in [6, 6.07) is 0.459. The van der Waals surface area contributed by atoms with Crippen LogP contribution in [0.2, 0.25) is 0 Å². The van der Waals surface area contributed by atoms with Gasteiger partial charge in [0.05, 0.1) is 10.2 Å². The number of thiophene rings is 1. The van der Waals surface area contributed by atoms with Crippen molar-refractivity contribution in [1.29, 1.82) is 0 Å². The minimum absolute atomic E-state index is 0.459. The van der Waals surface area contributed by atoms with E-state index in [2.05, 4.69) is 46.3 Å². The Balaban J connectivity index is 1.91. The molecule has 1 aliphatic rings. The Morgan fingerprint density at radius 2 is 2.10 bits per heavy atom. The van der Waals surface area contributed by atoms with Crippen molar-refractivity contribution in [2.45, 2.75) is 39.7 Å². The number of aromatic nitrogens is 2. The molecule has 0 bridgehead atoms. The summed E-state index contributed by atoms with van der Waals surface area (Å²) in [5.74, 6) is 1.88. The lowest BCUT2D eigenvalue weighted by atomic mass is 9.97. The van der Waals surface area contributed by atoms with Gasteiger partial charge in [0, 0.05) is 12.6 Å². The molecule has 2 aromatic rings. The smallest absolute Gasteiger partial charge is 0.150 e. The number of piperidine rings is 1. The van der Waals surface area contributed by atoms with Crippen LogP contribution in [-0.4, -0.2) is 35.6 Å². The van der Waals surface area contributed by atoms with Crippen molar-refractivity contribution in [2.75, 3.05) is 24.5 Å². The van der Waals surface area contributed by atoms with Crippen molar-refractivity contribution < 1.29 is 0 Å². The average molecular weight is 304 g/mol. The lowest BCUT2D eigenvalue weighted by Crippen LogP contribution is -2.40. The van der Waals surface area contributed by atoms with Crippen LogP contribution in [0.3, 0.4) is 0 Å². The molecule has 0 saturated carbocycles. The van der Waals surface area contributed by atoms with Crippen LogP contribution in [0.4, 0.5) is 5.82 Å². The molecule has 1 N–H and O–H groups in total. The van der Waals surface area contributed by atoms with Crippen molar-refractivity contribution in [1.82, 2.24) is 15.3 Å². The molecular formula is C16H24N4S. The Kier molecular flexibility index (Phi) is 4.40. The lowest BCUT2D eigenvalue weighted by molar-refractivity contribution is 0.367. The molecule has 0 aliphatic carbocycles. The Bertz CT molecular complexity index is 601. The highest BCUT2D eigenvalue weighted by Crippen LogP contribution is 2.32. The molecule has 3 rings (SSSR count). The molecule has 0 radical (unpaired) electrons. The molecule has 0 amide bonds. The SMILES string of the molecule is Cc1csc2c(N(CC3CCNCC3)C(C)C)ncnc12. The van der Waals surface area contributed by atoms with Gasteiger partial charge in [0.1, 0.15) is 12.1 Å². The first kappa shape index (κ1) is 14.7. The van der Waals surface area contributed by atoms with Gasteiger partial charge in [-0.05, 0) is 63.6 Å². The standard InChI is InChI=1S/C16H24N4S/c1-11(2)20(8-13-4-6-17-7-5-13)16-15-14(18-10-19-16)12(3)9-21-15/h9-11,13,17H,4-8H2,1-3H3. The summed E-state index contributed by atoms with van der Waals surface area (Å²) in [5, 5.41) is 5.63. The van der Waals surface area contributed by atoms with Crippen molar-refractivity contribution >= 4 is 27.4 Å². The number of fused-ring (bicyclic) bond motifs is 1. The van der Waals surface area contributed by atoms with E-state index in [1.165, 1.54) is 23.1 Å². The minimum Gasteiger partial charge on any atom is -0.353 e. The normalized spacial score (nSPS) is 16.8. The van der Waals surface area contributed by atoms with Crippen LogP contribution in [0, 0.1) is 12.8 Å². The van der Waals surface area contributed by atoms with Crippen molar-refractivity contribution in [3.8, 4) is 0 Å². The fourth-order valence-electron chi connectivity index (χ4n) is 3.05. The molecule has 1 fully saturated rings. The highest BCUT2D eigenvalue weighted by Gasteiger charge is 2.22. The number of nitrogens with zero attached hydrogens (tertiary/aromatic N) is 3. The fraction of sp³-hybridized carbons (Fsp3) is 0.625. The predicted molar refractivity (Wildman–Crippen MR) is 90.2 cm³/mol. The predicted octanol–water partition coefficient (Wildman–Crippen LogP) is 3.21. The molecule has 2 aromatic heterocycles. The average Bonchev–Trinajstić information content (AvgIpc) is 2.87. The van der Waals surface area contributed by atoms with Crippen molar-refractivity contribution in [2.24, 2.45) is 5.92 Å². The van der Waals surface area contributed by atoms with E-state index >= 15 is 0 Å². The molecule has 0 unspecified atom stereocenters. The number of anilines is 1. The van der Waals surface area contributed by atoms with E-state index in [0.29, 0.717) is 6.04 Å². The van der Waals surface area contributed by atoms with E-state index in [1.807, 2.05) is 0 Å². The van der Waals surface area contributed by atoms with E-state index in [-0.39, 0.29) is 0 Å². The second-order valence-electron chi connectivity index (χ2n) is 6.23. The third kappa shape index (κ3) is 3.04. The van der Waals surface area contributed by atoms with Crippen LogP contribution in [0.5, 0.6) is 0 Å². The summed E-state index contributed by atoms with van der Waals surface area (Å²) >= 11 is 1.77. The topological polar surface area (TPSA) is 41.0 Å². The molecule has 1 aliphatic heterocycles. The number of aryl methyl sites for hydroxylation is 1. The van der Waals surface area contributed by atoms with Gasteiger partial charge in [0.25, 0.3) is 0 Å². The van der Waals surface area contributed by atoms with Crippen LogP contribution in [-0.2, 0) is 0 Å². The van der Waals surface area contributed by atoms with E-state index in [4.69, 9.17) is 0 Å². The molecule has 3 heterocycles. The first-order valence-electron chi connectivity index (χ1n) is 7.83. The van der Waals surface area contributed by atoms with Gasteiger partial charge in [-0.25, -0.2) is 9.97 Å². The summed E-state index contributed by atoms with van der Waals surface area (Å²) < 4.78 is 1.23. The molecular weight excluding hydrogens is 280 g/mol. The highest BCUT2D eigenvalue weighted by atomic mass is 32.1. The summed E-state index contributed by atoms with van der Waals surface area (Å²) in [6.07, 6.45) is 4.25. The third-order valence-corrected chi connectivity index (χ3v) is 5.40. The Hall–Kier alpha value is -1.20. The largest absolute Gasteiger partial charge is 0.353 e. The van der Waals surface area contributed by atoms with Gasteiger partial charge in [-0.3, -0.25) is 0 Å². The van der Waals surface area contributed by atoms with Gasteiger partial charge in [-0.1, -0.05) is 0 Å². The second kappa shape index (κ2) is 6.28. The first-order chi connectivity index (χ1) is 10.2. The van der Waals surface area contributed by atoms with Gasteiger partial charge >= 0.3 is 0 Å². The Morgan fingerprint density at radius 1 is 1.33 bits per heavy atom. The summed E-state index contributed by atoms with van der Waals surface area (Å²) in [7, 11) is 0. The zero-order valence-electron chi connectivity index (χ0n) is 13.1. The minimum atomic E-state index is 0.459. The summed E-state index contributed by atoms with van der Waals surface area (Å²) in [4.78, 5) is 11.5. The molecule has 114 valence electrons. The van der Waals surface area contributed by atoms with E-state index in [1.54, 1.807) is 17.7 Å². The zero-order chi connectivity index (χ0) is 14.8. The third-order valence-electron chi connectivity index (χ3n) is 4.32. The van der Waals surface area contributed by atoms with Gasteiger partial charge in [0.2, 0.25) is 0 Å². The zero-order valence-corrected chi connectivity index (χ0v) is 13.9. The molecule has 1 saturated heterocycles. The number of hydrogen-bond acceptors (Lipinski definition) is 5. The van der Waals surface area contributed by atoms with Crippen LogP contribution < -0.4 is 10.2 Å².